The van der Waals surface area contributed by atoms with Gasteiger partial charge in [-0.1, -0.05) is 11.6 Å². The van der Waals surface area contributed by atoms with Crippen molar-refractivity contribution < 1.29 is 14.3 Å². The Bertz CT molecular complexity index is 833. The van der Waals surface area contributed by atoms with Gasteiger partial charge in [0.25, 0.3) is 0 Å². The van der Waals surface area contributed by atoms with E-state index in [1.54, 1.807) is 43.3 Å². The molecule has 0 radical (unpaired) electrons. The standard InChI is InChI=1S/C21H24ClN3O3/c1-2-28-20(26)15-6-11-19(25-12-4-3-5-13-25)18(14-15)24-21(27)23-17-9-7-16(22)8-10-17/h6-11,14H,2-5,12-13H2,1H3,(H2,23,24,27). The fraction of sp³-hybridized carbons (Fsp3) is 0.333. The van der Waals surface area contributed by atoms with E-state index in [1.165, 1.54) is 6.42 Å². The molecule has 2 aromatic rings. The predicted molar refractivity (Wildman–Crippen MR) is 113 cm³/mol. The monoisotopic (exact) mass is 401 g/mol. The van der Waals surface area contributed by atoms with Gasteiger partial charge in [-0.15, -0.1) is 0 Å². The number of benzene rings is 2. The van der Waals surface area contributed by atoms with E-state index in [4.69, 9.17) is 16.3 Å². The Balaban J connectivity index is 1.82. The van der Waals surface area contributed by atoms with E-state index >= 15 is 0 Å². The molecule has 1 aliphatic rings. The van der Waals surface area contributed by atoms with Crippen LogP contribution >= 0.6 is 11.6 Å². The molecule has 0 spiro atoms. The largest absolute Gasteiger partial charge is 0.462 e. The number of anilines is 3. The maximum absolute atomic E-state index is 12.5. The van der Waals surface area contributed by atoms with Crippen molar-refractivity contribution in [2.24, 2.45) is 0 Å². The van der Waals surface area contributed by atoms with Crippen molar-refractivity contribution in [3.05, 3.63) is 53.1 Å². The molecule has 2 N–H and O–H groups in total. The molecule has 7 heteroatoms. The maximum atomic E-state index is 12.5. The Morgan fingerprint density at radius 3 is 2.43 bits per heavy atom. The van der Waals surface area contributed by atoms with Crippen LogP contribution < -0.4 is 15.5 Å². The number of amides is 2. The molecule has 6 nitrogen and oxygen atoms in total. The van der Waals surface area contributed by atoms with Crippen LogP contribution in [0.15, 0.2) is 42.5 Å². The van der Waals surface area contributed by atoms with Gasteiger partial charge in [-0.3, -0.25) is 0 Å². The minimum Gasteiger partial charge on any atom is -0.462 e. The van der Waals surface area contributed by atoms with Crippen LogP contribution in [0, 0.1) is 0 Å². The molecule has 2 amide bonds. The Morgan fingerprint density at radius 1 is 1.04 bits per heavy atom. The predicted octanol–water partition coefficient (Wildman–Crippen LogP) is 5.15. The van der Waals surface area contributed by atoms with E-state index in [-0.39, 0.29) is 6.03 Å². The van der Waals surface area contributed by atoms with Crippen LogP contribution in [0.2, 0.25) is 5.02 Å². The number of nitrogens with one attached hydrogen (secondary N) is 2. The van der Waals surface area contributed by atoms with Crippen molar-refractivity contribution in [2.45, 2.75) is 26.2 Å². The number of piperidine rings is 1. The third-order valence-electron chi connectivity index (χ3n) is 4.55. The molecule has 3 rings (SSSR count). The first-order chi connectivity index (χ1) is 13.6. The van der Waals surface area contributed by atoms with Crippen molar-refractivity contribution in [3.63, 3.8) is 0 Å². The van der Waals surface area contributed by atoms with Gasteiger partial charge in [0.1, 0.15) is 0 Å². The third kappa shape index (κ3) is 5.16. The first kappa shape index (κ1) is 20.0. The number of hydrogen-bond donors (Lipinski definition) is 2. The van der Waals surface area contributed by atoms with Crippen molar-refractivity contribution in [1.29, 1.82) is 0 Å². The zero-order valence-electron chi connectivity index (χ0n) is 15.8. The molecule has 1 aliphatic heterocycles. The number of halogens is 1. The van der Waals surface area contributed by atoms with Crippen LogP contribution in [0.5, 0.6) is 0 Å². The van der Waals surface area contributed by atoms with E-state index in [9.17, 15) is 9.59 Å². The SMILES string of the molecule is CCOC(=O)c1ccc(N2CCCCC2)c(NC(=O)Nc2ccc(Cl)cc2)c1. The summed E-state index contributed by atoms with van der Waals surface area (Å²) in [4.78, 5) is 26.9. The molecule has 0 atom stereocenters. The molecule has 1 fully saturated rings. The lowest BCUT2D eigenvalue weighted by molar-refractivity contribution is 0.0526. The number of nitrogens with zero attached hydrogens (tertiary/aromatic N) is 1. The van der Waals surface area contributed by atoms with E-state index in [2.05, 4.69) is 15.5 Å². The molecular weight excluding hydrogens is 378 g/mol. The highest BCUT2D eigenvalue weighted by Gasteiger charge is 2.18. The number of carbonyl (C=O) groups is 2. The van der Waals surface area contributed by atoms with Crippen LogP contribution in [0.3, 0.4) is 0 Å². The third-order valence-corrected chi connectivity index (χ3v) is 4.81. The van der Waals surface area contributed by atoms with Gasteiger partial charge in [-0.2, -0.15) is 0 Å². The Hall–Kier alpha value is -2.73. The quantitative estimate of drug-likeness (QED) is 0.679. The summed E-state index contributed by atoms with van der Waals surface area (Å²) in [7, 11) is 0. The number of carbonyl (C=O) groups excluding carboxylic acids is 2. The molecule has 0 aliphatic carbocycles. The second-order valence-corrected chi connectivity index (χ2v) is 7.02. The summed E-state index contributed by atoms with van der Waals surface area (Å²) in [5.74, 6) is -0.408. The highest BCUT2D eigenvalue weighted by molar-refractivity contribution is 6.30. The van der Waals surface area contributed by atoms with E-state index in [0.717, 1.165) is 31.6 Å². The molecule has 1 heterocycles. The van der Waals surface area contributed by atoms with Crippen LogP contribution in [-0.2, 0) is 4.74 Å². The molecule has 0 unspecified atom stereocenters. The van der Waals surface area contributed by atoms with Crippen molar-refractivity contribution in [1.82, 2.24) is 0 Å². The van der Waals surface area contributed by atoms with Gasteiger partial charge in [-0.05, 0) is 68.7 Å². The summed E-state index contributed by atoms with van der Waals surface area (Å²) < 4.78 is 5.09. The average Bonchev–Trinajstić information content (AvgIpc) is 2.70. The number of rotatable bonds is 5. The zero-order valence-corrected chi connectivity index (χ0v) is 16.6. The second-order valence-electron chi connectivity index (χ2n) is 6.59. The Kier molecular flexibility index (Phi) is 6.76. The number of ether oxygens (including phenoxy) is 1. The van der Waals surface area contributed by atoms with Crippen molar-refractivity contribution >= 4 is 40.7 Å². The van der Waals surface area contributed by atoms with Gasteiger partial charge in [0.2, 0.25) is 0 Å². The van der Waals surface area contributed by atoms with Crippen molar-refractivity contribution in [2.75, 3.05) is 35.2 Å². The van der Waals surface area contributed by atoms with Crippen LogP contribution in [-0.4, -0.2) is 31.7 Å². The number of hydrogen-bond acceptors (Lipinski definition) is 4. The number of urea groups is 1. The highest BCUT2D eigenvalue weighted by Crippen LogP contribution is 2.30. The molecule has 2 aromatic carbocycles. The smallest absolute Gasteiger partial charge is 0.338 e. The summed E-state index contributed by atoms with van der Waals surface area (Å²) in [6, 6.07) is 11.8. The summed E-state index contributed by atoms with van der Waals surface area (Å²) in [5, 5.41) is 6.25. The Labute approximate surface area is 169 Å². The first-order valence-corrected chi connectivity index (χ1v) is 9.84. The van der Waals surface area contributed by atoms with Crippen LogP contribution in [0.25, 0.3) is 0 Å². The van der Waals surface area contributed by atoms with Crippen LogP contribution in [0.4, 0.5) is 21.9 Å². The van der Waals surface area contributed by atoms with Gasteiger partial charge in [0, 0.05) is 23.8 Å². The molecule has 28 heavy (non-hydrogen) atoms. The number of esters is 1. The lowest BCUT2D eigenvalue weighted by Gasteiger charge is -2.30. The zero-order chi connectivity index (χ0) is 19.9. The van der Waals surface area contributed by atoms with Gasteiger partial charge in [-0.25, -0.2) is 9.59 Å². The molecule has 0 saturated carbocycles. The topological polar surface area (TPSA) is 70.7 Å². The normalized spacial score (nSPS) is 13.7. The van der Waals surface area contributed by atoms with Gasteiger partial charge in [0.15, 0.2) is 0 Å². The summed E-state index contributed by atoms with van der Waals surface area (Å²) in [6.45, 7) is 3.91. The fourth-order valence-electron chi connectivity index (χ4n) is 3.21. The minimum absolute atomic E-state index is 0.298. The van der Waals surface area contributed by atoms with E-state index in [1.807, 2.05) is 6.07 Å². The summed E-state index contributed by atoms with van der Waals surface area (Å²) in [6.07, 6.45) is 3.42. The molecule has 0 aromatic heterocycles. The molecular formula is C21H24ClN3O3. The lowest BCUT2D eigenvalue weighted by Crippen LogP contribution is -2.31. The van der Waals surface area contributed by atoms with E-state index in [0.29, 0.717) is 28.6 Å². The maximum Gasteiger partial charge on any atom is 0.338 e. The van der Waals surface area contributed by atoms with Gasteiger partial charge in [0.05, 0.1) is 23.5 Å². The average molecular weight is 402 g/mol. The molecule has 1 saturated heterocycles. The second kappa shape index (κ2) is 9.46. The molecule has 0 bridgehead atoms. The van der Waals surface area contributed by atoms with Gasteiger partial charge >= 0.3 is 12.0 Å². The highest BCUT2D eigenvalue weighted by atomic mass is 35.5. The van der Waals surface area contributed by atoms with Crippen LogP contribution in [0.1, 0.15) is 36.5 Å². The lowest BCUT2D eigenvalue weighted by atomic mass is 10.1. The summed E-state index contributed by atoms with van der Waals surface area (Å²) >= 11 is 5.88. The minimum atomic E-state index is -0.408. The fourth-order valence-corrected chi connectivity index (χ4v) is 3.33. The summed E-state index contributed by atoms with van der Waals surface area (Å²) in [5.41, 5.74) is 2.52. The van der Waals surface area contributed by atoms with Crippen molar-refractivity contribution in [3.8, 4) is 0 Å². The van der Waals surface area contributed by atoms with Gasteiger partial charge < -0.3 is 20.3 Å². The Morgan fingerprint density at radius 2 is 1.75 bits per heavy atom. The molecule has 148 valence electrons. The van der Waals surface area contributed by atoms with E-state index < -0.39 is 5.97 Å². The first-order valence-electron chi connectivity index (χ1n) is 9.46.